The van der Waals surface area contributed by atoms with Crippen LogP contribution in [0.15, 0.2) is 0 Å². The van der Waals surface area contributed by atoms with Crippen molar-refractivity contribution in [3.05, 3.63) is 0 Å². The molecule has 18 heavy (non-hydrogen) atoms. The maximum atomic E-state index is 9.06. The molecule has 3 nitrogen and oxygen atoms in total. The van der Waals surface area contributed by atoms with Crippen LogP contribution in [0, 0.1) is 0 Å². The van der Waals surface area contributed by atoms with Gasteiger partial charge in [-0.2, -0.15) is 0 Å². The minimum Gasteiger partial charge on any atom is -0.396 e. The predicted octanol–water partition coefficient (Wildman–Crippen LogP) is 2.14. The predicted molar refractivity (Wildman–Crippen MR) is 75.8 cm³/mol. The molecule has 0 heterocycles. The molecule has 2 N–H and O–H groups in total. The molecule has 2 saturated carbocycles. The molecule has 0 radical (unpaired) electrons. The number of hydrogen-bond donors (Lipinski definition) is 2. The SMILES string of the molecule is CCNC1CCC(N(CCCO)C2CCC2)CC1. The molecule has 3 heteroatoms. The van der Waals surface area contributed by atoms with Gasteiger partial charge in [0.25, 0.3) is 0 Å². The van der Waals surface area contributed by atoms with Gasteiger partial charge in [-0.05, 0) is 51.5 Å². The Hall–Kier alpha value is -0.120. The van der Waals surface area contributed by atoms with E-state index in [9.17, 15) is 0 Å². The zero-order valence-corrected chi connectivity index (χ0v) is 11.9. The first-order valence-electron chi connectivity index (χ1n) is 7.95. The average molecular weight is 254 g/mol. The number of rotatable bonds is 7. The summed E-state index contributed by atoms with van der Waals surface area (Å²) in [6.07, 6.45) is 10.5. The standard InChI is InChI=1S/C15H30N2O/c1-2-16-13-7-9-15(10-8-13)17(11-4-12-18)14-5-3-6-14/h13-16,18H,2-12H2,1H3. The molecule has 2 aliphatic rings. The first kappa shape index (κ1) is 14.3. The van der Waals surface area contributed by atoms with Crippen LogP contribution in [0.1, 0.15) is 58.3 Å². The fraction of sp³-hybridized carbons (Fsp3) is 1.00. The van der Waals surface area contributed by atoms with Gasteiger partial charge < -0.3 is 10.4 Å². The van der Waals surface area contributed by atoms with Crippen molar-refractivity contribution in [1.82, 2.24) is 10.2 Å². The van der Waals surface area contributed by atoms with Crippen molar-refractivity contribution in [1.29, 1.82) is 0 Å². The first-order chi connectivity index (χ1) is 8.85. The number of aliphatic hydroxyl groups is 1. The Morgan fingerprint density at radius 3 is 2.22 bits per heavy atom. The molecule has 0 aromatic rings. The Bertz CT molecular complexity index is 223. The number of aliphatic hydroxyl groups excluding tert-OH is 1. The lowest BCUT2D eigenvalue weighted by Gasteiger charge is -2.45. The van der Waals surface area contributed by atoms with Crippen molar-refractivity contribution in [2.75, 3.05) is 19.7 Å². The monoisotopic (exact) mass is 254 g/mol. The Morgan fingerprint density at radius 1 is 1.06 bits per heavy atom. The van der Waals surface area contributed by atoms with E-state index < -0.39 is 0 Å². The highest BCUT2D eigenvalue weighted by atomic mass is 16.3. The third-order valence-electron chi connectivity index (χ3n) is 4.78. The van der Waals surface area contributed by atoms with Gasteiger partial charge >= 0.3 is 0 Å². The highest BCUT2D eigenvalue weighted by Crippen LogP contribution is 2.32. The highest BCUT2D eigenvalue weighted by molar-refractivity contribution is 4.89. The zero-order valence-electron chi connectivity index (χ0n) is 11.9. The molecular weight excluding hydrogens is 224 g/mol. The van der Waals surface area contributed by atoms with E-state index in [1.54, 1.807) is 0 Å². The summed E-state index contributed by atoms with van der Waals surface area (Å²) in [6, 6.07) is 2.38. The molecule has 0 aliphatic heterocycles. The molecule has 2 fully saturated rings. The Kier molecular flexibility index (Phi) is 5.93. The fourth-order valence-corrected chi connectivity index (χ4v) is 3.54. The third-order valence-corrected chi connectivity index (χ3v) is 4.78. The second kappa shape index (κ2) is 7.46. The molecule has 2 rings (SSSR count). The minimum absolute atomic E-state index is 0.343. The van der Waals surface area contributed by atoms with Gasteiger partial charge in [0.1, 0.15) is 0 Å². The molecule has 0 atom stereocenters. The Labute approximate surface area is 112 Å². The van der Waals surface area contributed by atoms with Crippen LogP contribution >= 0.6 is 0 Å². The Balaban J connectivity index is 1.79. The van der Waals surface area contributed by atoms with Crippen LogP contribution in [-0.2, 0) is 0 Å². The molecule has 0 aromatic heterocycles. The summed E-state index contributed by atoms with van der Waals surface area (Å²) in [5.41, 5.74) is 0. The van der Waals surface area contributed by atoms with Gasteiger partial charge in [0.15, 0.2) is 0 Å². The molecule has 0 bridgehead atoms. The van der Waals surface area contributed by atoms with Crippen LogP contribution in [0.2, 0.25) is 0 Å². The molecule has 0 unspecified atom stereocenters. The average Bonchev–Trinajstić information content (AvgIpc) is 2.33. The van der Waals surface area contributed by atoms with Gasteiger partial charge in [-0.25, -0.2) is 0 Å². The quantitative estimate of drug-likeness (QED) is 0.731. The van der Waals surface area contributed by atoms with E-state index in [1.165, 1.54) is 44.9 Å². The van der Waals surface area contributed by atoms with E-state index in [0.717, 1.165) is 37.6 Å². The molecule has 0 saturated heterocycles. The van der Waals surface area contributed by atoms with E-state index in [1.807, 2.05) is 0 Å². The summed E-state index contributed by atoms with van der Waals surface area (Å²) in [7, 11) is 0. The fourth-order valence-electron chi connectivity index (χ4n) is 3.54. The van der Waals surface area contributed by atoms with Gasteiger partial charge in [-0.3, -0.25) is 4.90 Å². The van der Waals surface area contributed by atoms with Crippen LogP contribution in [-0.4, -0.2) is 47.8 Å². The van der Waals surface area contributed by atoms with Crippen LogP contribution in [0.25, 0.3) is 0 Å². The first-order valence-corrected chi connectivity index (χ1v) is 7.95. The van der Waals surface area contributed by atoms with E-state index in [4.69, 9.17) is 5.11 Å². The summed E-state index contributed by atoms with van der Waals surface area (Å²) >= 11 is 0. The second-order valence-corrected chi connectivity index (χ2v) is 5.96. The van der Waals surface area contributed by atoms with Crippen molar-refractivity contribution in [3.63, 3.8) is 0 Å². The van der Waals surface area contributed by atoms with Gasteiger partial charge in [0, 0.05) is 31.3 Å². The lowest BCUT2D eigenvalue weighted by atomic mass is 9.85. The lowest BCUT2D eigenvalue weighted by molar-refractivity contribution is 0.0493. The van der Waals surface area contributed by atoms with Crippen LogP contribution in [0.3, 0.4) is 0 Å². The molecule has 0 spiro atoms. The summed E-state index contributed by atoms with van der Waals surface area (Å²) in [4.78, 5) is 2.72. The van der Waals surface area contributed by atoms with Crippen molar-refractivity contribution < 1.29 is 5.11 Å². The maximum Gasteiger partial charge on any atom is 0.0443 e. The highest BCUT2D eigenvalue weighted by Gasteiger charge is 2.32. The van der Waals surface area contributed by atoms with Crippen LogP contribution in [0.4, 0.5) is 0 Å². The Morgan fingerprint density at radius 2 is 1.72 bits per heavy atom. The van der Waals surface area contributed by atoms with Crippen LogP contribution < -0.4 is 5.32 Å². The van der Waals surface area contributed by atoms with Crippen molar-refractivity contribution in [2.45, 2.75) is 76.4 Å². The molecule has 2 aliphatic carbocycles. The number of nitrogens with one attached hydrogen (secondary N) is 1. The summed E-state index contributed by atoms with van der Waals surface area (Å²) in [5.74, 6) is 0. The summed E-state index contributed by atoms with van der Waals surface area (Å²) in [6.45, 7) is 4.76. The zero-order chi connectivity index (χ0) is 12.8. The summed E-state index contributed by atoms with van der Waals surface area (Å²) in [5, 5.41) is 12.6. The van der Waals surface area contributed by atoms with Crippen molar-refractivity contribution in [3.8, 4) is 0 Å². The van der Waals surface area contributed by atoms with E-state index in [2.05, 4.69) is 17.1 Å². The van der Waals surface area contributed by atoms with E-state index >= 15 is 0 Å². The normalized spacial score (nSPS) is 29.5. The van der Waals surface area contributed by atoms with Crippen molar-refractivity contribution >= 4 is 0 Å². The topological polar surface area (TPSA) is 35.5 Å². The number of nitrogens with zero attached hydrogens (tertiary/aromatic N) is 1. The third kappa shape index (κ3) is 3.69. The minimum atomic E-state index is 0.343. The molecule has 0 aromatic carbocycles. The molecule has 106 valence electrons. The maximum absolute atomic E-state index is 9.06. The lowest BCUT2D eigenvalue weighted by Crippen LogP contribution is -2.50. The van der Waals surface area contributed by atoms with E-state index in [0.29, 0.717) is 6.61 Å². The van der Waals surface area contributed by atoms with E-state index in [-0.39, 0.29) is 0 Å². The smallest absolute Gasteiger partial charge is 0.0443 e. The second-order valence-electron chi connectivity index (χ2n) is 5.96. The van der Waals surface area contributed by atoms with Gasteiger partial charge in [-0.1, -0.05) is 13.3 Å². The molecule has 0 amide bonds. The van der Waals surface area contributed by atoms with Gasteiger partial charge in [0.05, 0.1) is 0 Å². The van der Waals surface area contributed by atoms with Crippen LogP contribution in [0.5, 0.6) is 0 Å². The van der Waals surface area contributed by atoms with Gasteiger partial charge in [-0.15, -0.1) is 0 Å². The summed E-state index contributed by atoms with van der Waals surface area (Å²) < 4.78 is 0. The van der Waals surface area contributed by atoms with Crippen molar-refractivity contribution in [2.24, 2.45) is 0 Å². The molecular formula is C15H30N2O. The van der Waals surface area contributed by atoms with Gasteiger partial charge in [0.2, 0.25) is 0 Å². The number of hydrogen-bond acceptors (Lipinski definition) is 3. The largest absolute Gasteiger partial charge is 0.396 e.